The molecule has 0 bridgehead atoms. The molecule has 1 radical (unpaired) electrons. The highest BCUT2D eigenvalue weighted by Gasteiger charge is 2.36. The third kappa shape index (κ3) is 4.96. The number of piperazine rings is 1. The van der Waals surface area contributed by atoms with E-state index in [-0.39, 0.29) is 23.6 Å². The maximum absolute atomic E-state index is 13.5. The molecule has 0 spiro atoms. The fraction of sp³-hybridized carbons (Fsp3) is 0.519. The molecule has 36 heavy (non-hydrogen) atoms. The number of carbonyl (C=O) groups is 4. The average Bonchev–Trinajstić information content (AvgIpc) is 3.21. The first-order valence-electron chi connectivity index (χ1n) is 12.7. The zero-order valence-corrected chi connectivity index (χ0v) is 21.3. The van der Waals surface area contributed by atoms with Crippen LogP contribution in [0, 0.1) is 12.3 Å². The number of amides is 3. The molecule has 1 saturated carbocycles. The van der Waals surface area contributed by atoms with Crippen LogP contribution in [0.15, 0.2) is 18.2 Å². The number of hydrogen-bond acceptors (Lipinski definition) is 5. The van der Waals surface area contributed by atoms with E-state index < -0.39 is 6.04 Å². The van der Waals surface area contributed by atoms with E-state index in [2.05, 4.69) is 5.32 Å². The highest BCUT2D eigenvalue weighted by Crippen LogP contribution is 2.30. The molecule has 2 heterocycles. The van der Waals surface area contributed by atoms with Gasteiger partial charge in [0, 0.05) is 51.1 Å². The number of methoxy groups -OCH3 is 1. The highest BCUT2D eigenvalue weighted by molar-refractivity contribution is 6.10. The molecule has 3 amide bonds. The predicted octanol–water partition coefficient (Wildman–Crippen LogP) is 2.57. The second-order valence-electron chi connectivity index (χ2n) is 9.61. The minimum Gasteiger partial charge on any atom is -0.497 e. The fourth-order valence-corrected chi connectivity index (χ4v) is 5.51. The average molecular weight is 496 g/mol. The lowest BCUT2D eigenvalue weighted by molar-refractivity contribution is -0.139. The molecular formula is C27H35N4O5. The van der Waals surface area contributed by atoms with Gasteiger partial charge >= 0.3 is 0 Å². The van der Waals surface area contributed by atoms with Crippen LogP contribution in [-0.2, 0) is 16.6 Å². The normalized spacial score (nSPS) is 17.6. The van der Waals surface area contributed by atoms with Crippen molar-refractivity contribution in [3.8, 4) is 5.75 Å². The number of ether oxygens (including phenoxy) is 1. The predicted molar refractivity (Wildman–Crippen MR) is 136 cm³/mol. The highest BCUT2D eigenvalue weighted by atomic mass is 16.5. The zero-order chi connectivity index (χ0) is 25.8. The van der Waals surface area contributed by atoms with E-state index in [0.29, 0.717) is 48.6 Å². The molecule has 1 atom stereocenters. The first kappa shape index (κ1) is 25.7. The van der Waals surface area contributed by atoms with Crippen LogP contribution in [0.2, 0.25) is 0 Å². The molecule has 2 aliphatic rings. The Labute approximate surface area is 211 Å². The van der Waals surface area contributed by atoms with E-state index in [1.807, 2.05) is 6.07 Å². The second kappa shape index (κ2) is 11.1. The van der Waals surface area contributed by atoms with Gasteiger partial charge in [0.25, 0.3) is 5.91 Å². The Kier molecular flexibility index (Phi) is 7.96. The minimum atomic E-state index is -0.536. The van der Waals surface area contributed by atoms with Crippen LogP contribution >= 0.6 is 0 Å². The van der Waals surface area contributed by atoms with Crippen molar-refractivity contribution >= 4 is 34.9 Å². The van der Waals surface area contributed by atoms with Crippen LogP contribution in [0.1, 0.15) is 59.9 Å². The Bertz CT molecular complexity index is 1140. The van der Waals surface area contributed by atoms with E-state index in [1.165, 1.54) is 6.42 Å². The van der Waals surface area contributed by atoms with Crippen molar-refractivity contribution in [1.82, 2.24) is 19.7 Å². The lowest BCUT2D eigenvalue weighted by Crippen LogP contribution is -2.58. The maximum Gasteiger partial charge on any atom is 0.271 e. The van der Waals surface area contributed by atoms with Gasteiger partial charge in [-0.3, -0.25) is 19.2 Å². The molecule has 1 aromatic carbocycles. The van der Waals surface area contributed by atoms with Gasteiger partial charge in [-0.2, -0.15) is 0 Å². The van der Waals surface area contributed by atoms with Crippen molar-refractivity contribution in [2.45, 2.75) is 45.1 Å². The molecule has 9 heteroatoms. The van der Waals surface area contributed by atoms with E-state index in [9.17, 15) is 19.2 Å². The van der Waals surface area contributed by atoms with Crippen LogP contribution in [0.5, 0.6) is 5.75 Å². The van der Waals surface area contributed by atoms with Gasteiger partial charge < -0.3 is 24.4 Å². The van der Waals surface area contributed by atoms with Crippen LogP contribution in [0.3, 0.4) is 0 Å². The Hall–Kier alpha value is -3.36. The number of nitrogens with one attached hydrogen (secondary N) is 1. The summed E-state index contributed by atoms with van der Waals surface area (Å²) in [6.45, 7) is 3.15. The molecule has 2 aromatic rings. The second-order valence-corrected chi connectivity index (χ2v) is 9.61. The van der Waals surface area contributed by atoms with Crippen molar-refractivity contribution in [3.05, 3.63) is 35.9 Å². The molecule has 1 aliphatic heterocycles. The summed E-state index contributed by atoms with van der Waals surface area (Å²) in [5, 5.41) is 3.62. The number of hydrogen-bond donors (Lipinski definition) is 1. The SMILES string of the molecule is C[CH]C(=O)N[C@H](C(=O)N1CCN(C(=O)c2c(C=O)c3ccc(OC)cc3n2C)CC1)C1CCCCC1. The van der Waals surface area contributed by atoms with Gasteiger partial charge in [0.15, 0.2) is 6.29 Å². The minimum absolute atomic E-state index is 0.0746. The molecule has 0 unspecified atom stereocenters. The van der Waals surface area contributed by atoms with Gasteiger partial charge in [-0.15, -0.1) is 0 Å². The van der Waals surface area contributed by atoms with Gasteiger partial charge in [-0.25, -0.2) is 0 Å². The zero-order valence-electron chi connectivity index (χ0n) is 21.3. The summed E-state index contributed by atoms with van der Waals surface area (Å²) in [7, 11) is 3.34. The topological polar surface area (TPSA) is 101 Å². The lowest BCUT2D eigenvalue weighted by atomic mass is 9.83. The quantitative estimate of drug-likeness (QED) is 0.595. The van der Waals surface area contributed by atoms with Gasteiger partial charge in [-0.05, 0) is 30.9 Å². The molecule has 193 valence electrons. The molecule has 1 aromatic heterocycles. The summed E-state index contributed by atoms with van der Waals surface area (Å²) in [5.74, 6) is 0.236. The van der Waals surface area contributed by atoms with Gasteiger partial charge in [0.05, 0.1) is 18.2 Å². The van der Waals surface area contributed by atoms with Crippen molar-refractivity contribution < 1.29 is 23.9 Å². The number of aryl methyl sites for hydroxylation is 1. The molecule has 1 N–H and O–H groups in total. The number of fused-ring (bicyclic) bond motifs is 1. The third-order valence-electron chi connectivity index (χ3n) is 7.59. The number of nitrogens with zero attached hydrogens (tertiary/aromatic N) is 3. The monoisotopic (exact) mass is 495 g/mol. The standard InChI is InChI=1S/C27H35N4O5/c1-4-23(33)28-24(18-8-6-5-7-9-18)26(34)30-12-14-31(15-13-30)27(35)25-21(17-32)20-11-10-19(36-3)16-22(20)29(25)2/h4,10-11,16-18,24H,5-9,12-15H2,1-3H3,(H,28,33)/t24-/m0/s1. The van der Waals surface area contributed by atoms with E-state index >= 15 is 0 Å². The Morgan fingerprint density at radius 3 is 2.33 bits per heavy atom. The van der Waals surface area contributed by atoms with Crippen LogP contribution in [-0.4, -0.2) is 77.7 Å². The lowest BCUT2D eigenvalue weighted by Gasteiger charge is -2.39. The van der Waals surface area contributed by atoms with Crippen molar-refractivity contribution in [1.29, 1.82) is 0 Å². The van der Waals surface area contributed by atoms with Crippen molar-refractivity contribution in [2.75, 3.05) is 33.3 Å². The number of carbonyl (C=O) groups excluding carboxylic acids is 4. The summed E-state index contributed by atoms with van der Waals surface area (Å²) >= 11 is 0. The molecule has 4 rings (SSSR count). The Balaban J connectivity index is 1.49. The Morgan fingerprint density at radius 2 is 1.72 bits per heavy atom. The molecule has 1 aliphatic carbocycles. The van der Waals surface area contributed by atoms with Crippen molar-refractivity contribution in [3.63, 3.8) is 0 Å². The molecule has 1 saturated heterocycles. The van der Waals surface area contributed by atoms with Crippen molar-refractivity contribution in [2.24, 2.45) is 13.0 Å². The summed E-state index contributed by atoms with van der Waals surface area (Å²) in [6.07, 6.45) is 7.33. The smallest absolute Gasteiger partial charge is 0.271 e. The fourth-order valence-electron chi connectivity index (χ4n) is 5.51. The summed E-state index contributed by atoms with van der Waals surface area (Å²) in [6, 6.07) is 4.83. The van der Waals surface area contributed by atoms with Crippen LogP contribution < -0.4 is 10.1 Å². The van der Waals surface area contributed by atoms with E-state index in [1.54, 1.807) is 47.6 Å². The summed E-state index contributed by atoms with van der Waals surface area (Å²) in [4.78, 5) is 54.5. The van der Waals surface area contributed by atoms with Gasteiger partial charge in [0.1, 0.15) is 17.5 Å². The maximum atomic E-state index is 13.5. The number of rotatable bonds is 7. The number of aldehydes is 1. The first-order valence-corrected chi connectivity index (χ1v) is 12.7. The largest absolute Gasteiger partial charge is 0.497 e. The van der Waals surface area contributed by atoms with Gasteiger partial charge in [-0.1, -0.05) is 26.2 Å². The van der Waals surface area contributed by atoms with E-state index in [4.69, 9.17) is 4.74 Å². The summed E-state index contributed by atoms with van der Waals surface area (Å²) in [5.41, 5.74) is 1.43. The first-order chi connectivity index (χ1) is 17.4. The Morgan fingerprint density at radius 1 is 1.06 bits per heavy atom. The molecular weight excluding hydrogens is 460 g/mol. The summed E-state index contributed by atoms with van der Waals surface area (Å²) < 4.78 is 7.04. The molecule has 2 fully saturated rings. The van der Waals surface area contributed by atoms with Crippen LogP contribution in [0.25, 0.3) is 10.9 Å². The van der Waals surface area contributed by atoms with Gasteiger partial charge in [0.2, 0.25) is 11.8 Å². The number of aromatic nitrogens is 1. The van der Waals surface area contributed by atoms with Crippen LogP contribution in [0.4, 0.5) is 0 Å². The third-order valence-corrected chi connectivity index (χ3v) is 7.59. The number of benzene rings is 1. The van der Waals surface area contributed by atoms with E-state index in [0.717, 1.165) is 43.9 Å². The molecule has 9 nitrogen and oxygen atoms in total.